The summed E-state index contributed by atoms with van der Waals surface area (Å²) in [6.45, 7) is 2.06. The van der Waals surface area contributed by atoms with Gasteiger partial charge in [0.25, 0.3) is 0 Å². The lowest BCUT2D eigenvalue weighted by atomic mass is 9.66. The van der Waals surface area contributed by atoms with Crippen molar-refractivity contribution in [3.63, 3.8) is 0 Å². The minimum absolute atomic E-state index is 0.0110. The third-order valence-corrected chi connectivity index (χ3v) is 8.03. The van der Waals surface area contributed by atoms with E-state index in [2.05, 4.69) is 32.5 Å². The molecule has 2 saturated carbocycles. The average Bonchev–Trinajstić information content (AvgIpc) is 3.11. The van der Waals surface area contributed by atoms with Crippen LogP contribution in [0.15, 0.2) is 48.7 Å². The number of nitrogens with one attached hydrogen (secondary N) is 1. The lowest BCUT2D eigenvalue weighted by Crippen LogP contribution is -2.56. The zero-order chi connectivity index (χ0) is 23.4. The van der Waals surface area contributed by atoms with Gasteiger partial charge in [0.15, 0.2) is 5.82 Å². The molecule has 3 aliphatic rings. The molecule has 1 amide bonds. The van der Waals surface area contributed by atoms with Gasteiger partial charge in [-0.15, -0.1) is 5.10 Å². The van der Waals surface area contributed by atoms with Crippen LogP contribution in [0, 0.1) is 11.8 Å². The van der Waals surface area contributed by atoms with Gasteiger partial charge in [0.2, 0.25) is 5.91 Å². The normalized spacial score (nSPS) is 26.4. The minimum atomic E-state index is -0.498. The van der Waals surface area contributed by atoms with E-state index >= 15 is 0 Å². The number of amides is 1. The Morgan fingerprint density at radius 2 is 1.85 bits per heavy atom. The first kappa shape index (κ1) is 23.0. The van der Waals surface area contributed by atoms with Crippen molar-refractivity contribution >= 4 is 17.7 Å². The van der Waals surface area contributed by atoms with Gasteiger partial charge in [-0.3, -0.25) is 14.5 Å². The van der Waals surface area contributed by atoms with Crippen LogP contribution < -0.4 is 5.32 Å². The van der Waals surface area contributed by atoms with E-state index in [1.807, 2.05) is 18.2 Å². The van der Waals surface area contributed by atoms with Crippen molar-refractivity contribution in [1.82, 2.24) is 15.1 Å². The van der Waals surface area contributed by atoms with Crippen molar-refractivity contribution in [2.24, 2.45) is 11.8 Å². The Hall–Kier alpha value is -2.80. The van der Waals surface area contributed by atoms with Crippen LogP contribution >= 0.6 is 0 Å². The second-order valence-corrected chi connectivity index (χ2v) is 10.1. The van der Waals surface area contributed by atoms with E-state index in [0.29, 0.717) is 24.2 Å². The van der Waals surface area contributed by atoms with Crippen LogP contribution in [-0.4, -0.2) is 52.7 Å². The van der Waals surface area contributed by atoms with Crippen LogP contribution in [0.25, 0.3) is 0 Å². The lowest BCUT2D eigenvalue weighted by molar-refractivity contribution is -0.176. The van der Waals surface area contributed by atoms with E-state index in [-0.39, 0.29) is 18.0 Å². The number of piperidine rings is 1. The second kappa shape index (κ2) is 10.2. The first-order chi connectivity index (χ1) is 16.6. The summed E-state index contributed by atoms with van der Waals surface area (Å²) in [5.74, 6) is 1.28. The fourth-order valence-corrected chi connectivity index (χ4v) is 6.12. The van der Waals surface area contributed by atoms with E-state index in [1.54, 1.807) is 18.3 Å². The van der Waals surface area contributed by atoms with E-state index in [9.17, 15) is 9.59 Å². The number of carbonyl (C=O) groups excluding carboxylic acids is 2. The summed E-state index contributed by atoms with van der Waals surface area (Å²) < 4.78 is 6.25. The monoisotopic (exact) mass is 462 g/mol. The average molecular weight is 463 g/mol. The minimum Gasteiger partial charge on any atom is -0.461 e. The smallest absolute Gasteiger partial charge is 0.316 e. The van der Waals surface area contributed by atoms with Crippen molar-refractivity contribution in [3.05, 3.63) is 54.2 Å². The molecule has 1 aliphatic heterocycles. The van der Waals surface area contributed by atoms with Crippen LogP contribution in [-0.2, 0) is 19.7 Å². The Bertz CT molecular complexity index is 976. The number of esters is 1. The molecule has 1 saturated heterocycles. The van der Waals surface area contributed by atoms with Crippen LogP contribution in [0.1, 0.15) is 56.9 Å². The highest BCUT2D eigenvalue weighted by molar-refractivity contribution is 5.91. The standard InChI is InChI=1S/C27H34N4O3/c32-25(29-24-11-8-15-28-30-24)19-31-16-12-22-20(18-31)17-23(22)34-26(33)27(13-6-1-2-7-14-27)21-9-4-3-5-10-21/h3-5,8-11,15,20,22-23H,1-2,6-7,12-14,16-19H2,(H,29,30,32). The van der Waals surface area contributed by atoms with Crippen LogP contribution in [0.2, 0.25) is 0 Å². The largest absolute Gasteiger partial charge is 0.461 e. The molecule has 2 aliphatic carbocycles. The fourth-order valence-electron chi connectivity index (χ4n) is 6.12. The Labute approximate surface area is 201 Å². The summed E-state index contributed by atoms with van der Waals surface area (Å²) in [6, 6.07) is 13.8. The quantitative estimate of drug-likeness (QED) is 0.517. The summed E-state index contributed by atoms with van der Waals surface area (Å²) in [6.07, 6.45) is 9.74. The number of ether oxygens (including phenoxy) is 1. The van der Waals surface area contributed by atoms with Gasteiger partial charge in [-0.25, -0.2) is 0 Å². The van der Waals surface area contributed by atoms with E-state index in [4.69, 9.17) is 4.74 Å². The van der Waals surface area contributed by atoms with E-state index in [1.165, 1.54) is 12.8 Å². The highest BCUT2D eigenvalue weighted by Crippen LogP contribution is 2.45. The van der Waals surface area contributed by atoms with Gasteiger partial charge < -0.3 is 10.1 Å². The number of nitrogens with zero attached hydrogens (tertiary/aromatic N) is 3. The highest BCUT2D eigenvalue weighted by Gasteiger charge is 2.49. The van der Waals surface area contributed by atoms with Gasteiger partial charge in [-0.2, -0.15) is 5.10 Å². The maximum absolute atomic E-state index is 13.6. The number of aromatic nitrogens is 2. The zero-order valence-electron chi connectivity index (χ0n) is 19.7. The van der Waals surface area contributed by atoms with Gasteiger partial charge in [-0.05, 0) is 55.8 Å². The number of hydrogen-bond donors (Lipinski definition) is 1. The molecule has 2 heterocycles. The molecule has 1 aromatic carbocycles. The predicted octanol–water partition coefficient (Wildman–Crippen LogP) is 3.96. The van der Waals surface area contributed by atoms with Crippen LogP contribution in [0.3, 0.4) is 0 Å². The molecule has 1 aromatic heterocycles. The molecule has 180 valence electrons. The SMILES string of the molecule is O=C(CN1CCC2C(CC2OC(=O)C2(c3ccccc3)CCCCCC2)C1)Nc1cccnn1. The second-order valence-electron chi connectivity index (χ2n) is 10.1. The molecule has 3 unspecified atom stereocenters. The van der Waals surface area contributed by atoms with E-state index in [0.717, 1.165) is 57.2 Å². The van der Waals surface area contributed by atoms with Gasteiger partial charge >= 0.3 is 5.97 Å². The molecule has 7 heteroatoms. The van der Waals surface area contributed by atoms with Crippen LogP contribution in [0.5, 0.6) is 0 Å². The van der Waals surface area contributed by atoms with Gasteiger partial charge in [0, 0.05) is 18.7 Å². The summed E-state index contributed by atoms with van der Waals surface area (Å²) in [4.78, 5) is 28.2. The number of benzene rings is 1. The number of anilines is 1. The Balaban J connectivity index is 1.16. The lowest BCUT2D eigenvalue weighted by Gasteiger charge is -2.50. The maximum Gasteiger partial charge on any atom is 0.316 e. The molecule has 34 heavy (non-hydrogen) atoms. The number of rotatable bonds is 6. The van der Waals surface area contributed by atoms with E-state index < -0.39 is 5.41 Å². The molecular weight excluding hydrogens is 428 g/mol. The fraction of sp³-hybridized carbons (Fsp3) is 0.556. The molecule has 3 fully saturated rings. The summed E-state index contributed by atoms with van der Waals surface area (Å²) in [5, 5.41) is 10.5. The van der Waals surface area contributed by atoms with Crippen molar-refractivity contribution in [3.8, 4) is 0 Å². The van der Waals surface area contributed by atoms with Crippen molar-refractivity contribution in [2.75, 3.05) is 25.0 Å². The number of fused-ring (bicyclic) bond motifs is 1. The summed E-state index contributed by atoms with van der Waals surface area (Å²) in [5.41, 5.74) is 0.615. The molecule has 7 nitrogen and oxygen atoms in total. The first-order valence-electron chi connectivity index (χ1n) is 12.7. The number of likely N-dealkylation sites (tertiary alicyclic amines) is 1. The predicted molar refractivity (Wildman–Crippen MR) is 129 cm³/mol. The van der Waals surface area contributed by atoms with Gasteiger partial charge in [0.05, 0.1) is 12.0 Å². The molecule has 0 bridgehead atoms. The Kier molecular flexibility index (Phi) is 6.90. The third kappa shape index (κ3) is 4.85. The molecular formula is C27H34N4O3. The summed E-state index contributed by atoms with van der Waals surface area (Å²) >= 11 is 0. The number of hydrogen-bond acceptors (Lipinski definition) is 6. The molecule has 3 atom stereocenters. The first-order valence-corrected chi connectivity index (χ1v) is 12.7. The molecule has 5 rings (SSSR count). The van der Waals surface area contributed by atoms with Crippen molar-refractivity contribution in [1.29, 1.82) is 0 Å². The Morgan fingerprint density at radius 1 is 1.06 bits per heavy atom. The third-order valence-electron chi connectivity index (χ3n) is 8.03. The van der Waals surface area contributed by atoms with Crippen molar-refractivity contribution in [2.45, 2.75) is 62.9 Å². The van der Waals surface area contributed by atoms with Crippen molar-refractivity contribution < 1.29 is 14.3 Å². The topological polar surface area (TPSA) is 84.4 Å². The molecule has 0 radical (unpaired) electrons. The van der Waals surface area contributed by atoms with Gasteiger partial charge in [-0.1, -0.05) is 56.0 Å². The van der Waals surface area contributed by atoms with Crippen LogP contribution in [0.4, 0.5) is 5.82 Å². The van der Waals surface area contributed by atoms with Gasteiger partial charge in [0.1, 0.15) is 6.10 Å². The zero-order valence-corrected chi connectivity index (χ0v) is 19.7. The Morgan fingerprint density at radius 3 is 2.56 bits per heavy atom. The molecule has 2 aromatic rings. The molecule has 1 N–H and O–H groups in total. The summed E-state index contributed by atoms with van der Waals surface area (Å²) in [7, 11) is 0. The maximum atomic E-state index is 13.6. The molecule has 0 spiro atoms. The number of carbonyl (C=O) groups is 2. The highest BCUT2D eigenvalue weighted by atomic mass is 16.5.